The molecule has 1 saturated carbocycles. The molecule has 7 heteroatoms. The second-order valence-electron chi connectivity index (χ2n) is 7.89. The van der Waals surface area contributed by atoms with Gasteiger partial charge in [-0.1, -0.05) is 32.0 Å². The minimum Gasteiger partial charge on any atom is -0.480 e. The first-order valence-electron chi connectivity index (χ1n) is 9.81. The average molecular weight is 389 g/mol. The maximum Gasteiger partial charge on any atom is 0.326 e. The van der Waals surface area contributed by atoms with Crippen LogP contribution < -0.4 is 10.6 Å². The molecule has 0 heterocycles. The number of carboxylic acids is 1. The van der Waals surface area contributed by atoms with Gasteiger partial charge in [-0.15, -0.1) is 0 Å². The number of amides is 2. The lowest BCUT2D eigenvalue weighted by atomic mass is 10.0. The SMILES string of the molecule is Cc1cccc(C)c1NC(=O)CN(CCC(=O)NC(C(=O)O)C(C)C)C1CC1. The molecule has 1 atom stereocenters. The lowest BCUT2D eigenvalue weighted by Crippen LogP contribution is -2.45. The molecule has 1 aromatic rings. The summed E-state index contributed by atoms with van der Waals surface area (Å²) in [5.41, 5.74) is 2.86. The molecule has 1 unspecified atom stereocenters. The molecular formula is C21H31N3O4. The standard InChI is InChI=1S/C21H31N3O4/c1-13(2)19(21(27)28)22-17(25)10-11-24(16-8-9-16)12-18(26)23-20-14(3)6-5-7-15(20)4/h5-7,13,16,19H,8-12H2,1-4H3,(H,22,25)(H,23,26)(H,27,28). The maximum absolute atomic E-state index is 12.5. The predicted molar refractivity (Wildman–Crippen MR) is 108 cm³/mol. The number of rotatable bonds is 10. The van der Waals surface area contributed by atoms with Crippen LogP contribution in [0.5, 0.6) is 0 Å². The van der Waals surface area contributed by atoms with Crippen LogP contribution in [0.3, 0.4) is 0 Å². The second kappa shape index (κ2) is 9.68. The number of para-hydroxylation sites is 1. The van der Waals surface area contributed by atoms with Crippen molar-refractivity contribution in [3.05, 3.63) is 29.3 Å². The second-order valence-corrected chi connectivity index (χ2v) is 7.89. The largest absolute Gasteiger partial charge is 0.480 e. The zero-order valence-corrected chi connectivity index (χ0v) is 17.1. The summed E-state index contributed by atoms with van der Waals surface area (Å²) in [5, 5.41) is 14.7. The summed E-state index contributed by atoms with van der Waals surface area (Å²) in [5.74, 6) is -1.63. The van der Waals surface area contributed by atoms with Gasteiger partial charge in [0.2, 0.25) is 11.8 Å². The van der Waals surface area contributed by atoms with E-state index in [-0.39, 0.29) is 30.7 Å². The van der Waals surface area contributed by atoms with E-state index in [1.54, 1.807) is 13.8 Å². The Morgan fingerprint density at radius 3 is 2.25 bits per heavy atom. The van der Waals surface area contributed by atoms with Crippen LogP contribution in [-0.4, -0.2) is 53.0 Å². The normalized spacial score (nSPS) is 14.8. The van der Waals surface area contributed by atoms with E-state index in [9.17, 15) is 19.5 Å². The van der Waals surface area contributed by atoms with Gasteiger partial charge in [0.05, 0.1) is 6.54 Å². The van der Waals surface area contributed by atoms with E-state index in [1.165, 1.54) is 0 Å². The van der Waals surface area contributed by atoms with Gasteiger partial charge in [0, 0.05) is 24.7 Å². The van der Waals surface area contributed by atoms with Crippen molar-refractivity contribution < 1.29 is 19.5 Å². The van der Waals surface area contributed by atoms with Crippen LogP contribution in [0.2, 0.25) is 0 Å². The summed E-state index contributed by atoms with van der Waals surface area (Å²) in [6.07, 6.45) is 2.20. The van der Waals surface area contributed by atoms with Gasteiger partial charge in [-0.2, -0.15) is 0 Å². The molecule has 0 aromatic heterocycles. The number of carbonyl (C=O) groups is 3. The smallest absolute Gasteiger partial charge is 0.326 e. The Morgan fingerprint density at radius 2 is 1.75 bits per heavy atom. The Balaban J connectivity index is 1.89. The van der Waals surface area contributed by atoms with Crippen LogP contribution in [0.25, 0.3) is 0 Å². The van der Waals surface area contributed by atoms with E-state index in [0.717, 1.165) is 29.7 Å². The van der Waals surface area contributed by atoms with Crippen molar-refractivity contribution in [3.8, 4) is 0 Å². The first-order valence-corrected chi connectivity index (χ1v) is 9.81. The molecule has 1 aromatic carbocycles. The fourth-order valence-electron chi connectivity index (χ4n) is 3.21. The van der Waals surface area contributed by atoms with Crippen molar-refractivity contribution in [2.75, 3.05) is 18.4 Å². The molecule has 2 rings (SSSR count). The van der Waals surface area contributed by atoms with Crippen LogP contribution in [0, 0.1) is 19.8 Å². The molecular weight excluding hydrogens is 358 g/mol. The Hall–Kier alpha value is -2.41. The highest BCUT2D eigenvalue weighted by molar-refractivity contribution is 5.93. The van der Waals surface area contributed by atoms with Gasteiger partial charge in [0.15, 0.2) is 0 Å². The summed E-state index contributed by atoms with van der Waals surface area (Å²) in [7, 11) is 0. The predicted octanol–water partition coefficient (Wildman–Crippen LogP) is 2.32. The zero-order chi connectivity index (χ0) is 20.8. The third kappa shape index (κ3) is 6.34. The first kappa shape index (κ1) is 21.9. The molecule has 0 radical (unpaired) electrons. The van der Waals surface area contributed by atoms with Crippen molar-refractivity contribution in [3.63, 3.8) is 0 Å². The summed E-state index contributed by atoms with van der Waals surface area (Å²) >= 11 is 0. The third-order valence-corrected chi connectivity index (χ3v) is 5.03. The number of carbonyl (C=O) groups excluding carboxylic acids is 2. The quantitative estimate of drug-likeness (QED) is 0.570. The summed E-state index contributed by atoms with van der Waals surface area (Å²) in [4.78, 5) is 37.9. The Morgan fingerprint density at radius 1 is 1.14 bits per heavy atom. The van der Waals surface area contributed by atoms with Crippen molar-refractivity contribution >= 4 is 23.5 Å². The molecule has 0 bridgehead atoms. The maximum atomic E-state index is 12.5. The van der Waals surface area contributed by atoms with Gasteiger partial charge in [0.25, 0.3) is 0 Å². The first-order chi connectivity index (χ1) is 13.2. The Labute approximate surface area is 166 Å². The Kier molecular flexibility index (Phi) is 7.57. The van der Waals surface area contributed by atoms with Gasteiger partial charge >= 0.3 is 5.97 Å². The molecule has 0 aliphatic heterocycles. The molecule has 2 amide bonds. The number of hydrogen-bond acceptors (Lipinski definition) is 4. The van der Waals surface area contributed by atoms with E-state index in [0.29, 0.717) is 12.6 Å². The summed E-state index contributed by atoms with van der Waals surface area (Å²) < 4.78 is 0. The van der Waals surface area contributed by atoms with Gasteiger partial charge in [-0.25, -0.2) is 4.79 Å². The number of nitrogens with zero attached hydrogens (tertiary/aromatic N) is 1. The van der Waals surface area contributed by atoms with Crippen molar-refractivity contribution in [1.82, 2.24) is 10.2 Å². The molecule has 1 fully saturated rings. The van der Waals surface area contributed by atoms with Gasteiger partial charge in [-0.3, -0.25) is 14.5 Å². The highest BCUT2D eigenvalue weighted by atomic mass is 16.4. The number of carboxylic acid groups (broad SMARTS) is 1. The van der Waals surface area contributed by atoms with Gasteiger partial charge in [0.1, 0.15) is 6.04 Å². The number of aryl methyl sites for hydroxylation is 2. The summed E-state index contributed by atoms with van der Waals surface area (Å²) in [6.45, 7) is 8.08. The molecule has 1 aliphatic rings. The molecule has 154 valence electrons. The average Bonchev–Trinajstić information content (AvgIpc) is 3.44. The van der Waals surface area contributed by atoms with Crippen LogP contribution in [0.1, 0.15) is 44.2 Å². The van der Waals surface area contributed by atoms with E-state index in [4.69, 9.17) is 0 Å². The van der Waals surface area contributed by atoms with Gasteiger partial charge < -0.3 is 15.7 Å². The van der Waals surface area contributed by atoms with E-state index in [1.807, 2.05) is 36.9 Å². The molecule has 1 aliphatic carbocycles. The van der Waals surface area contributed by atoms with E-state index >= 15 is 0 Å². The minimum atomic E-state index is -1.03. The monoisotopic (exact) mass is 389 g/mol. The topological polar surface area (TPSA) is 98.7 Å². The minimum absolute atomic E-state index is 0.102. The van der Waals surface area contributed by atoms with Crippen molar-refractivity contribution in [2.24, 2.45) is 5.92 Å². The number of anilines is 1. The number of aliphatic carboxylic acids is 1. The molecule has 0 spiro atoms. The molecule has 7 nitrogen and oxygen atoms in total. The highest BCUT2D eigenvalue weighted by Crippen LogP contribution is 2.27. The fraction of sp³-hybridized carbons (Fsp3) is 0.571. The van der Waals surface area contributed by atoms with Crippen LogP contribution in [0.15, 0.2) is 18.2 Å². The number of hydrogen-bond donors (Lipinski definition) is 3. The van der Waals surface area contributed by atoms with E-state index in [2.05, 4.69) is 10.6 Å². The Bertz CT molecular complexity index is 708. The number of nitrogens with one attached hydrogen (secondary N) is 2. The molecule has 28 heavy (non-hydrogen) atoms. The lowest BCUT2D eigenvalue weighted by Gasteiger charge is -2.23. The molecule has 0 saturated heterocycles. The van der Waals surface area contributed by atoms with Crippen LogP contribution >= 0.6 is 0 Å². The molecule has 3 N–H and O–H groups in total. The van der Waals surface area contributed by atoms with Crippen molar-refractivity contribution in [1.29, 1.82) is 0 Å². The third-order valence-electron chi connectivity index (χ3n) is 5.03. The lowest BCUT2D eigenvalue weighted by molar-refractivity contribution is -0.143. The zero-order valence-electron chi connectivity index (χ0n) is 17.1. The van der Waals surface area contributed by atoms with Crippen LogP contribution in [-0.2, 0) is 14.4 Å². The number of benzene rings is 1. The van der Waals surface area contributed by atoms with Crippen LogP contribution in [0.4, 0.5) is 5.69 Å². The van der Waals surface area contributed by atoms with E-state index < -0.39 is 12.0 Å². The van der Waals surface area contributed by atoms with Crippen molar-refractivity contribution in [2.45, 2.75) is 59.0 Å². The highest BCUT2D eigenvalue weighted by Gasteiger charge is 2.31. The fourth-order valence-corrected chi connectivity index (χ4v) is 3.21. The summed E-state index contributed by atoms with van der Waals surface area (Å²) in [6, 6.07) is 5.29. The van der Waals surface area contributed by atoms with Gasteiger partial charge in [-0.05, 0) is 43.7 Å².